The Morgan fingerprint density at radius 3 is 2.50 bits per heavy atom. The van der Waals surface area contributed by atoms with Gasteiger partial charge in [0.1, 0.15) is 8.24 Å². The van der Waals surface area contributed by atoms with Crippen molar-refractivity contribution in [1.29, 1.82) is 0 Å². The molecule has 1 aliphatic heterocycles. The molecule has 22 heavy (non-hydrogen) atoms. The number of hydrogen-bond donors (Lipinski definition) is 0. The van der Waals surface area contributed by atoms with Gasteiger partial charge in [-0.15, -0.1) is 0 Å². The highest BCUT2D eigenvalue weighted by atomic mass is 28.3. The lowest BCUT2D eigenvalue weighted by molar-refractivity contribution is 0.0234. The molecule has 7 atom stereocenters. The lowest BCUT2D eigenvalue weighted by atomic mass is 9.69. The summed E-state index contributed by atoms with van der Waals surface area (Å²) >= 11 is 0. The van der Waals surface area contributed by atoms with Crippen molar-refractivity contribution in [2.24, 2.45) is 23.7 Å². The van der Waals surface area contributed by atoms with E-state index in [1.54, 1.807) is 0 Å². The number of hydrogen-bond acceptors (Lipinski definition) is 2. The predicted octanol–water partition coefficient (Wildman–Crippen LogP) is 4.33. The van der Waals surface area contributed by atoms with Crippen LogP contribution < -0.4 is 0 Å². The Hall–Kier alpha value is 0.137. The summed E-state index contributed by atoms with van der Waals surface area (Å²) in [5, 5.41) is 0. The average Bonchev–Trinajstić information content (AvgIpc) is 2.99. The SMILES string of the molecule is COC1CCC2C(C1)C1C3CCCCC3[CH]C1N2[Si](C)(C)C. The molecule has 1 saturated heterocycles. The summed E-state index contributed by atoms with van der Waals surface area (Å²) in [6.45, 7) is 7.72. The summed E-state index contributed by atoms with van der Waals surface area (Å²) in [6, 6.07) is 1.68. The molecule has 4 fully saturated rings. The van der Waals surface area contributed by atoms with E-state index in [1.807, 2.05) is 7.11 Å². The van der Waals surface area contributed by atoms with Crippen LogP contribution >= 0.6 is 0 Å². The second kappa shape index (κ2) is 5.60. The van der Waals surface area contributed by atoms with Gasteiger partial charge in [0.15, 0.2) is 0 Å². The zero-order chi connectivity index (χ0) is 15.5. The van der Waals surface area contributed by atoms with E-state index in [0.717, 1.165) is 35.8 Å². The molecule has 1 radical (unpaired) electrons. The van der Waals surface area contributed by atoms with Gasteiger partial charge in [0.25, 0.3) is 0 Å². The van der Waals surface area contributed by atoms with Gasteiger partial charge in [-0.3, -0.25) is 0 Å². The van der Waals surface area contributed by atoms with E-state index in [2.05, 4.69) is 30.6 Å². The Morgan fingerprint density at radius 1 is 1.00 bits per heavy atom. The van der Waals surface area contributed by atoms with Gasteiger partial charge in [-0.1, -0.05) is 32.5 Å². The maximum atomic E-state index is 5.79. The van der Waals surface area contributed by atoms with E-state index in [9.17, 15) is 0 Å². The molecule has 0 amide bonds. The Kier molecular flexibility index (Phi) is 3.98. The molecule has 3 heteroatoms. The molecule has 2 nitrogen and oxygen atoms in total. The summed E-state index contributed by atoms with van der Waals surface area (Å²) in [4.78, 5) is 0. The number of nitrogens with zero attached hydrogens (tertiary/aromatic N) is 1. The maximum absolute atomic E-state index is 5.79. The Balaban J connectivity index is 1.66. The summed E-state index contributed by atoms with van der Waals surface area (Å²) in [5.41, 5.74) is 0. The lowest BCUT2D eigenvalue weighted by Gasteiger charge is -2.44. The van der Waals surface area contributed by atoms with Crippen LogP contribution in [0.1, 0.15) is 44.9 Å². The van der Waals surface area contributed by atoms with E-state index in [4.69, 9.17) is 4.74 Å². The van der Waals surface area contributed by atoms with E-state index in [1.165, 1.54) is 44.9 Å². The van der Waals surface area contributed by atoms with E-state index >= 15 is 0 Å². The fraction of sp³-hybridized carbons (Fsp3) is 0.947. The molecule has 0 aromatic carbocycles. The second-order valence-corrected chi connectivity index (χ2v) is 14.2. The Labute approximate surface area is 138 Å². The van der Waals surface area contributed by atoms with E-state index < -0.39 is 8.24 Å². The normalized spacial score (nSPS) is 48.8. The van der Waals surface area contributed by atoms with E-state index in [-0.39, 0.29) is 0 Å². The van der Waals surface area contributed by atoms with Crippen LogP contribution in [-0.2, 0) is 4.74 Å². The van der Waals surface area contributed by atoms with Gasteiger partial charge >= 0.3 is 0 Å². The molecule has 0 bridgehead atoms. The third-order valence-corrected chi connectivity index (χ3v) is 9.48. The van der Waals surface area contributed by atoms with Gasteiger partial charge in [0, 0.05) is 19.2 Å². The van der Waals surface area contributed by atoms with Crippen LogP contribution in [0.2, 0.25) is 19.6 Å². The molecule has 3 saturated carbocycles. The quantitative estimate of drug-likeness (QED) is 0.702. The molecule has 7 unspecified atom stereocenters. The first-order valence-corrected chi connectivity index (χ1v) is 13.1. The molecule has 4 rings (SSSR count). The summed E-state index contributed by atoms with van der Waals surface area (Å²) in [7, 11) is 0.675. The van der Waals surface area contributed by atoms with Crippen molar-refractivity contribution in [3.63, 3.8) is 0 Å². The van der Waals surface area contributed by atoms with Crippen molar-refractivity contribution in [2.45, 2.75) is 82.8 Å². The zero-order valence-electron chi connectivity index (χ0n) is 14.9. The smallest absolute Gasteiger partial charge is 0.119 e. The molecule has 3 aliphatic carbocycles. The Bertz CT molecular complexity index is 420. The highest BCUT2D eigenvalue weighted by Gasteiger charge is 2.60. The van der Waals surface area contributed by atoms with Crippen molar-refractivity contribution in [3.8, 4) is 0 Å². The minimum absolute atomic E-state index is 0.533. The van der Waals surface area contributed by atoms with Crippen LogP contribution in [0, 0.1) is 30.1 Å². The first kappa shape index (κ1) is 15.7. The van der Waals surface area contributed by atoms with E-state index in [0.29, 0.717) is 6.10 Å². The fourth-order valence-electron chi connectivity index (χ4n) is 6.68. The minimum Gasteiger partial charge on any atom is -0.381 e. The van der Waals surface area contributed by atoms with Crippen LogP contribution in [-0.4, -0.2) is 38.1 Å². The van der Waals surface area contributed by atoms with Crippen molar-refractivity contribution >= 4 is 8.24 Å². The standard InChI is InChI=1S/C19H34NOSi/c1-21-14-9-10-17-16(12-14)19-15-8-6-5-7-13(15)11-18(19)20(17)22(2,3)4/h11,13-19H,5-10,12H2,1-4H3. The number of methoxy groups -OCH3 is 1. The monoisotopic (exact) mass is 320 g/mol. The topological polar surface area (TPSA) is 12.5 Å². The van der Waals surface area contributed by atoms with Gasteiger partial charge in [-0.2, -0.15) is 0 Å². The van der Waals surface area contributed by atoms with Crippen LogP contribution in [0.4, 0.5) is 0 Å². The van der Waals surface area contributed by atoms with Crippen molar-refractivity contribution < 1.29 is 4.74 Å². The third-order valence-electron chi connectivity index (χ3n) is 7.30. The molecule has 0 N–H and O–H groups in total. The summed E-state index contributed by atoms with van der Waals surface area (Å²) in [5.74, 6) is 3.81. The first-order valence-electron chi connectivity index (χ1n) is 9.67. The van der Waals surface area contributed by atoms with Crippen molar-refractivity contribution in [2.75, 3.05) is 7.11 Å². The number of fused-ring (bicyclic) bond motifs is 5. The maximum Gasteiger partial charge on any atom is 0.119 e. The number of ether oxygens (including phenoxy) is 1. The second-order valence-electron chi connectivity index (χ2n) is 9.35. The largest absolute Gasteiger partial charge is 0.381 e. The van der Waals surface area contributed by atoms with Crippen molar-refractivity contribution in [1.82, 2.24) is 4.57 Å². The molecule has 1 heterocycles. The third kappa shape index (κ3) is 2.34. The van der Waals surface area contributed by atoms with Crippen LogP contribution in [0.5, 0.6) is 0 Å². The highest BCUT2D eigenvalue weighted by molar-refractivity contribution is 6.73. The minimum atomic E-state index is -1.25. The predicted molar refractivity (Wildman–Crippen MR) is 94.1 cm³/mol. The lowest BCUT2D eigenvalue weighted by Crippen LogP contribution is -2.54. The Morgan fingerprint density at radius 2 is 1.77 bits per heavy atom. The molecular formula is C19H34NOSi. The van der Waals surface area contributed by atoms with Gasteiger partial charge in [0.2, 0.25) is 0 Å². The molecule has 125 valence electrons. The van der Waals surface area contributed by atoms with Crippen LogP contribution in [0.3, 0.4) is 0 Å². The molecule has 0 spiro atoms. The fourth-order valence-corrected chi connectivity index (χ4v) is 9.15. The summed E-state index contributed by atoms with van der Waals surface area (Å²) in [6.07, 6.45) is 13.3. The van der Waals surface area contributed by atoms with Crippen LogP contribution in [0.25, 0.3) is 0 Å². The first-order chi connectivity index (χ1) is 10.5. The molecular weight excluding hydrogens is 286 g/mol. The molecule has 0 aromatic heterocycles. The van der Waals surface area contributed by atoms with Crippen LogP contribution in [0.15, 0.2) is 0 Å². The van der Waals surface area contributed by atoms with Gasteiger partial charge in [-0.25, -0.2) is 0 Å². The zero-order valence-corrected chi connectivity index (χ0v) is 15.9. The van der Waals surface area contributed by atoms with Gasteiger partial charge < -0.3 is 9.30 Å². The van der Waals surface area contributed by atoms with Crippen molar-refractivity contribution in [3.05, 3.63) is 6.42 Å². The average molecular weight is 321 g/mol. The summed E-state index contributed by atoms with van der Waals surface area (Å²) < 4.78 is 8.85. The number of rotatable bonds is 2. The van der Waals surface area contributed by atoms with Gasteiger partial charge in [0.05, 0.1) is 6.10 Å². The highest BCUT2D eigenvalue weighted by Crippen LogP contribution is 2.58. The van der Waals surface area contributed by atoms with Gasteiger partial charge in [-0.05, 0) is 62.2 Å². The molecule has 4 aliphatic rings. The molecule has 0 aromatic rings.